The second-order valence-corrected chi connectivity index (χ2v) is 2.92. The topological polar surface area (TPSA) is 87.9 Å². The number of ether oxygens (including phenoxy) is 1. The zero-order chi connectivity index (χ0) is 11.3. The van der Waals surface area contributed by atoms with E-state index in [1.165, 1.54) is 0 Å². The van der Waals surface area contributed by atoms with Gasteiger partial charge in [-0.25, -0.2) is 4.68 Å². The van der Waals surface area contributed by atoms with Crippen LogP contribution in [-0.2, 0) is 11.5 Å². The van der Waals surface area contributed by atoms with Crippen LogP contribution in [0.3, 0.4) is 0 Å². The molecule has 0 fully saturated rings. The summed E-state index contributed by atoms with van der Waals surface area (Å²) in [7, 11) is 0. The third-order valence-electron chi connectivity index (χ3n) is 1.68. The largest absolute Gasteiger partial charge is 0.359 e. The van der Waals surface area contributed by atoms with E-state index in [-0.39, 0.29) is 12.4 Å². The van der Waals surface area contributed by atoms with Crippen molar-refractivity contribution < 1.29 is 4.74 Å². The summed E-state index contributed by atoms with van der Waals surface area (Å²) in [4.78, 5) is 22.4. The van der Waals surface area contributed by atoms with Crippen molar-refractivity contribution in [1.29, 1.82) is 5.26 Å². The van der Waals surface area contributed by atoms with Gasteiger partial charge in [-0.3, -0.25) is 14.7 Å². The third-order valence-corrected chi connectivity index (χ3v) is 1.68. The Morgan fingerprint density at radius 1 is 1.60 bits per heavy atom. The molecule has 0 aliphatic heterocycles. The number of rotatable bonds is 4. The Bertz CT molecular complexity index is 481. The fourth-order valence-electron chi connectivity index (χ4n) is 1.00. The van der Waals surface area contributed by atoms with Crippen LogP contribution in [0.15, 0.2) is 15.7 Å². The first-order valence-electron chi connectivity index (χ1n) is 4.51. The summed E-state index contributed by atoms with van der Waals surface area (Å²) in [5.41, 5.74) is -1.39. The van der Waals surface area contributed by atoms with Gasteiger partial charge in [0.05, 0.1) is 0 Å². The van der Waals surface area contributed by atoms with E-state index in [1.807, 2.05) is 6.92 Å². The number of nitrogens with zero attached hydrogens (tertiary/aromatic N) is 2. The lowest BCUT2D eigenvalue weighted by Crippen LogP contribution is -2.36. The zero-order valence-electron chi connectivity index (χ0n) is 8.32. The summed E-state index contributed by atoms with van der Waals surface area (Å²) < 4.78 is 6.07. The zero-order valence-corrected chi connectivity index (χ0v) is 8.32. The molecule has 6 nitrogen and oxygen atoms in total. The monoisotopic (exact) mass is 209 g/mol. The Kier molecular flexibility index (Phi) is 3.83. The Labute approximate surface area is 85.7 Å². The second-order valence-electron chi connectivity index (χ2n) is 2.92. The van der Waals surface area contributed by atoms with Gasteiger partial charge in [0.25, 0.3) is 0 Å². The van der Waals surface area contributed by atoms with Crippen LogP contribution >= 0.6 is 0 Å². The van der Waals surface area contributed by atoms with Crippen molar-refractivity contribution >= 4 is 0 Å². The highest BCUT2D eigenvalue weighted by atomic mass is 16.5. The first-order chi connectivity index (χ1) is 7.19. The molecule has 0 radical (unpaired) electrons. The molecule has 1 aromatic rings. The predicted molar refractivity (Wildman–Crippen MR) is 52.3 cm³/mol. The fourth-order valence-corrected chi connectivity index (χ4v) is 1.00. The summed E-state index contributed by atoms with van der Waals surface area (Å²) in [6.45, 7) is 2.37. The minimum absolute atomic E-state index is 0.0414. The summed E-state index contributed by atoms with van der Waals surface area (Å²) in [6.07, 6.45) is 0.816. The molecule has 0 amide bonds. The molecule has 0 aliphatic rings. The molecule has 0 aromatic carbocycles. The number of aromatic amines is 1. The molecular weight excluding hydrogens is 198 g/mol. The summed E-state index contributed by atoms with van der Waals surface area (Å²) in [5.74, 6) is 0. The minimum Gasteiger partial charge on any atom is -0.359 e. The van der Waals surface area contributed by atoms with Crippen LogP contribution in [0.25, 0.3) is 0 Å². The van der Waals surface area contributed by atoms with E-state index in [2.05, 4.69) is 5.10 Å². The molecular formula is C9H11N3O3. The van der Waals surface area contributed by atoms with Crippen LogP contribution in [0.4, 0.5) is 0 Å². The van der Waals surface area contributed by atoms with E-state index in [0.29, 0.717) is 6.61 Å². The maximum atomic E-state index is 11.3. The third kappa shape index (κ3) is 2.79. The number of H-pyrrole nitrogens is 1. The predicted octanol–water partition coefficient (Wildman–Crippen LogP) is -0.208. The number of nitriles is 1. The molecule has 0 saturated carbocycles. The highest BCUT2D eigenvalue weighted by Crippen LogP contribution is 1.85. The Morgan fingerprint density at radius 2 is 2.33 bits per heavy atom. The van der Waals surface area contributed by atoms with Crippen LogP contribution in [0.1, 0.15) is 19.0 Å². The average Bonchev–Trinajstić information content (AvgIpc) is 2.24. The summed E-state index contributed by atoms with van der Waals surface area (Å²) in [6, 6.07) is 2.73. The molecule has 1 aromatic heterocycles. The van der Waals surface area contributed by atoms with E-state index in [0.717, 1.165) is 17.2 Å². The van der Waals surface area contributed by atoms with Gasteiger partial charge in [0.2, 0.25) is 5.43 Å². The molecule has 15 heavy (non-hydrogen) atoms. The molecule has 80 valence electrons. The molecule has 0 bridgehead atoms. The van der Waals surface area contributed by atoms with Crippen LogP contribution in [0.2, 0.25) is 0 Å². The minimum atomic E-state index is -0.717. The molecule has 1 N–H and O–H groups in total. The van der Waals surface area contributed by atoms with Crippen molar-refractivity contribution in [1.82, 2.24) is 9.78 Å². The standard InChI is InChI=1S/C9H11N3O3/c1-2-3-15-6-12-9(14)8(13)4-7(5-10)11-12/h4,11H,2-3,6H2,1H3. The van der Waals surface area contributed by atoms with Crippen molar-refractivity contribution in [3.05, 3.63) is 32.3 Å². The van der Waals surface area contributed by atoms with Crippen LogP contribution in [0.5, 0.6) is 0 Å². The average molecular weight is 209 g/mol. The quantitative estimate of drug-likeness (QED) is 0.549. The normalized spacial score (nSPS) is 9.87. The van der Waals surface area contributed by atoms with Gasteiger partial charge in [-0.2, -0.15) is 5.26 Å². The maximum Gasteiger partial charge on any atom is 0.314 e. The molecule has 0 spiro atoms. The Morgan fingerprint density at radius 3 is 2.93 bits per heavy atom. The molecule has 1 rings (SSSR count). The number of hydrogen-bond donors (Lipinski definition) is 1. The van der Waals surface area contributed by atoms with E-state index >= 15 is 0 Å². The first-order valence-corrected chi connectivity index (χ1v) is 4.51. The first kappa shape index (κ1) is 11.2. The van der Waals surface area contributed by atoms with Crippen molar-refractivity contribution in [2.24, 2.45) is 0 Å². The lowest BCUT2D eigenvalue weighted by molar-refractivity contribution is 0.0655. The van der Waals surface area contributed by atoms with E-state index in [9.17, 15) is 9.59 Å². The second kappa shape index (κ2) is 5.12. The van der Waals surface area contributed by atoms with Crippen LogP contribution in [-0.4, -0.2) is 16.4 Å². The van der Waals surface area contributed by atoms with Gasteiger partial charge in [0.15, 0.2) is 0 Å². The SMILES string of the molecule is CCCOCn1[nH]c(C#N)cc(=O)c1=O. The highest BCUT2D eigenvalue weighted by molar-refractivity contribution is 5.16. The van der Waals surface area contributed by atoms with Gasteiger partial charge in [-0.05, 0) is 6.42 Å². The molecule has 0 aliphatic carbocycles. The Hall–Kier alpha value is -1.87. The molecule has 1 heterocycles. The van der Waals surface area contributed by atoms with Gasteiger partial charge < -0.3 is 4.74 Å². The van der Waals surface area contributed by atoms with Gasteiger partial charge in [0.1, 0.15) is 18.5 Å². The van der Waals surface area contributed by atoms with Crippen molar-refractivity contribution in [3.63, 3.8) is 0 Å². The Balaban J connectivity index is 2.97. The van der Waals surface area contributed by atoms with Gasteiger partial charge in [-0.1, -0.05) is 6.92 Å². The lowest BCUT2D eigenvalue weighted by Gasteiger charge is -2.05. The van der Waals surface area contributed by atoms with E-state index in [4.69, 9.17) is 10.00 Å². The van der Waals surface area contributed by atoms with Crippen LogP contribution < -0.4 is 11.0 Å². The highest BCUT2D eigenvalue weighted by Gasteiger charge is 2.02. The maximum absolute atomic E-state index is 11.3. The summed E-state index contributed by atoms with van der Waals surface area (Å²) >= 11 is 0. The number of nitrogens with one attached hydrogen (secondary N) is 1. The van der Waals surface area contributed by atoms with Gasteiger partial charge in [0, 0.05) is 12.7 Å². The van der Waals surface area contributed by atoms with E-state index in [1.54, 1.807) is 6.07 Å². The number of aromatic nitrogens is 2. The molecule has 0 saturated heterocycles. The van der Waals surface area contributed by atoms with E-state index < -0.39 is 11.0 Å². The van der Waals surface area contributed by atoms with Gasteiger partial charge >= 0.3 is 5.56 Å². The molecule has 0 atom stereocenters. The molecule has 0 unspecified atom stereocenters. The smallest absolute Gasteiger partial charge is 0.314 e. The van der Waals surface area contributed by atoms with Gasteiger partial charge in [-0.15, -0.1) is 0 Å². The fraction of sp³-hybridized carbons (Fsp3) is 0.444. The van der Waals surface area contributed by atoms with Crippen molar-refractivity contribution in [2.75, 3.05) is 6.61 Å². The van der Waals surface area contributed by atoms with Crippen molar-refractivity contribution in [2.45, 2.75) is 20.1 Å². The number of hydrogen-bond acceptors (Lipinski definition) is 4. The van der Waals surface area contributed by atoms with Crippen LogP contribution in [0, 0.1) is 11.3 Å². The van der Waals surface area contributed by atoms with Crippen molar-refractivity contribution in [3.8, 4) is 6.07 Å². The lowest BCUT2D eigenvalue weighted by atomic mass is 10.4. The summed E-state index contributed by atoms with van der Waals surface area (Å²) in [5, 5.41) is 11.1. The molecule has 6 heteroatoms.